The zero-order valence-electron chi connectivity index (χ0n) is 16.4. The summed E-state index contributed by atoms with van der Waals surface area (Å²) in [6, 6.07) is 17.6. The quantitative estimate of drug-likeness (QED) is 0.419. The van der Waals surface area contributed by atoms with Crippen LogP contribution in [0.2, 0.25) is 5.02 Å². The Morgan fingerprint density at radius 2 is 1.83 bits per heavy atom. The standard InChI is InChI=1S/C23H21ClN2O4/c1-16-7-2-3-9-18(16)22(27)26-20(15-17-8-6-13-29-17)23(28)25-12-14-30-21-11-5-4-10-19(21)24/h2-11,13,15H,12,14H2,1H3,(H,25,28)(H,26,27)/b20-15-. The van der Waals surface area contributed by atoms with Crippen molar-refractivity contribution in [3.05, 3.63) is 94.5 Å². The van der Waals surface area contributed by atoms with E-state index in [9.17, 15) is 9.59 Å². The first-order chi connectivity index (χ1) is 14.5. The number of hydrogen-bond donors (Lipinski definition) is 2. The number of para-hydroxylation sites is 1. The molecule has 154 valence electrons. The van der Waals surface area contributed by atoms with E-state index in [1.165, 1.54) is 12.3 Å². The van der Waals surface area contributed by atoms with Crippen LogP contribution in [0, 0.1) is 6.92 Å². The van der Waals surface area contributed by atoms with Crippen molar-refractivity contribution in [1.29, 1.82) is 0 Å². The number of halogens is 1. The van der Waals surface area contributed by atoms with Crippen molar-refractivity contribution in [3.63, 3.8) is 0 Å². The number of carbonyl (C=O) groups is 2. The summed E-state index contributed by atoms with van der Waals surface area (Å²) >= 11 is 6.04. The summed E-state index contributed by atoms with van der Waals surface area (Å²) in [5, 5.41) is 5.89. The third-order valence-corrected chi connectivity index (χ3v) is 4.51. The first kappa shape index (κ1) is 21.2. The van der Waals surface area contributed by atoms with E-state index < -0.39 is 5.91 Å². The number of aryl methyl sites for hydroxylation is 1. The van der Waals surface area contributed by atoms with Crippen molar-refractivity contribution in [3.8, 4) is 5.75 Å². The molecule has 0 bridgehead atoms. The van der Waals surface area contributed by atoms with E-state index in [4.69, 9.17) is 20.8 Å². The lowest BCUT2D eigenvalue weighted by atomic mass is 10.1. The fraction of sp³-hybridized carbons (Fsp3) is 0.130. The second-order valence-electron chi connectivity index (χ2n) is 6.38. The Bertz CT molecular complexity index is 1040. The van der Waals surface area contributed by atoms with Gasteiger partial charge in [0.15, 0.2) is 0 Å². The van der Waals surface area contributed by atoms with Crippen LogP contribution in [0.4, 0.5) is 0 Å². The van der Waals surface area contributed by atoms with Crippen LogP contribution in [0.3, 0.4) is 0 Å². The highest BCUT2D eigenvalue weighted by molar-refractivity contribution is 6.32. The minimum Gasteiger partial charge on any atom is -0.490 e. The Labute approximate surface area is 179 Å². The van der Waals surface area contributed by atoms with Crippen molar-refractivity contribution < 1.29 is 18.7 Å². The molecule has 3 aromatic rings. The summed E-state index contributed by atoms with van der Waals surface area (Å²) in [6.07, 6.45) is 2.96. The topological polar surface area (TPSA) is 80.6 Å². The van der Waals surface area contributed by atoms with Crippen LogP contribution in [0.5, 0.6) is 5.75 Å². The summed E-state index contributed by atoms with van der Waals surface area (Å²) in [5.41, 5.74) is 1.36. The Hall–Kier alpha value is -3.51. The molecule has 1 heterocycles. The normalized spacial score (nSPS) is 11.1. The molecule has 2 amide bonds. The van der Waals surface area contributed by atoms with Gasteiger partial charge in [-0.2, -0.15) is 0 Å². The van der Waals surface area contributed by atoms with E-state index >= 15 is 0 Å². The molecule has 0 aliphatic rings. The van der Waals surface area contributed by atoms with Crippen molar-refractivity contribution in [2.45, 2.75) is 6.92 Å². The van der Waals surface area contributed by atoms with Gasteiger partial charge in [-0.15, -0.1) is 0 Å². The van der Waals surface area contributed by atoms with E-state index in [1.807, 2.05) is 25.1 Å². The Morgan fingerprint density at radius 3 is 2.57 bits per heavy atom. The predicted molar refractivity (Wildman–Crippen MR) is 115 cm³/mol. The third kappa shape index (κ3) is 5.75. The van der Waals surface area contributed by atoms with E-state index in [2.05, 4.69) is 10.6 Å². The molecule has 7 heteroatoms. The largest absolute Gasteiger partial charge is 0.490 e. The summed E-state index contributed by atoms with van der Waals surface area (Å²) in [6.45, 7) is 2.27. The van der Waals surface area contributed by atoms with Crippen LogP contribution in [0.15, 0.2) is 77.0 Å². The molecule has 2 N–H and O–H groups in total. The molecular formula is C23H21ClN2O4. The Morgan fingerprint density at radius 1 is 1.07 bits per heavy atom. The molecule has 30 heavy (non-hydrogen) atoms. The minimum atomic E-state index is -0.462. The molecule has 0 saturated heterocycles. The van der Waals surface area contributed by atoms with Crippen molar-refractivity contribution in [1.82, 2.24) is 10.6 Å². The fourth-order valence-electron chi connectivity index (χ4n) is 2.67. The number of benzene rings is 2. The monoisotopic (exact) mass is 424 g/mol. The van der Waals surface area contributed by atoms with Gasteiger partial charge in [0.1, 0.15) is 23.8 Å². The number of amides is 2. The molecular weight excluding hydrogens is 404 g/mol. The molecule has 0 spiro atoms. The van der Waals surface area contributed by atoms with Gasteiger partial charge in [-0.3, -0.25) is 9.59 Å². The van der Waals surface area contributed by atoms with Crippen LogP contribution in [0.25, 0.3) is 6.08 Å². The van der Waals surface area contributed by atoms with Gasteiger partial charge in [-0.25, -0.2) is 0 Å². The molecule has 2 aromatic carbocycles. The average molecular weight is 425 g/mol. The number of hydrogen-bond acceptors (Lipinski definition) is 4. The van der Waals surface area contributed by atoms with Gasteiger partial charge in [0, 0.05) is 11.6 Å². The van der Waals surface area contributed by atoms with Crippen LogP contribution < -0.4 is 15.4 Å². The highest BCUT2D eigenvalue weighted by Crippen LogP contribution is 2.22. The first-order valence-corrected chi connectivity index (χ1v) is 9.70. The van der Waals surface area contributed by atoms with Gasteiger partial charge in [-0.05, 0) is 42.8 Å². The molecule has 0 radical (unpaired) electrons. The van der Waals surface area contributed by atoms with Crippen LogP contribution in [-0.4, -0.2) is 25.0 Å². The van der Waals surface area contributed by atoms with Crippen LogP contribution in [-0.2, 0) is 4.79 Å². The highest BCUT2D eigenvalue weighted by Gasteiger charge is 2.16. The third-order valence-electron chi connectivity index (χ3n) is 4.19. The molecule has 1 aromatic heterocycles. The van der Waals surface area contributed by atoms with Crippen LogP contribution in [0.1, 0.15) is 21.7 Å². The lowest BCUT2D eigenvalue weighted by Gasteiger charge is -2.12. The number of furan rings is 1. The molecule has 0 atom stereocenters. The van der Waals surface area contributed by atoms with Gasteiger partial charge in [0.25, 0.3) is 11.8 Å². The minimum absolute atomic E-state index is 0.0657. The van der Waals surface area contributed by atoms with Gasteiger partial charge in [-0.1, -0.05) is 41.9 Å². The van der Waals surface area contributed by atoms with Crippen LogP contribution >= 0.6 is 11.6 Å². The van der Waals surface area contributed by atoms with Crippen molar-refractivity contribution >= 4 is 29.5 Å². The summed E-state index contributed by atoms with van der Waals surface area (Å²) in [5.74, 6) is 0.134. The molecule has 0 saturated carbocycles. The molecule has 0 unspecified atom stereocenters. The van der Waals surface area contributed by atoms with E-state index in [-0.39, 0.29) is 24.8 Å². The Kier molecular flexibility index (Phi) is 7.29. The first-order valence-electron chi connectivity index (χ1n) is 9.32. The van der Waals surface area contributed by atoms with Gasteiger partial charge in [0.2, 0.25) is 0 Å². The molecule has 0 aliphatic carbocycles. The van der Waals surface area contributed by atoms with E-state index in [0.717, 1.165) is 5.56 Å². The lowest BCUT2D eigenvalue weighted by molar-refractivity contribution is -0.117. The van der Waals surface area contributed by atoms with Gasteiger partial charge in [0.05, 0.1) is 17.8 Å². The number of nitrogens with one attached hydrogen (secondary N) is 2. The van der Waals surface area contributed by atoms with Crippen molar-refractivity contribution in [2.75, 3.05) is 13.2 Å². The zero-order chi connectivity index (χ0) is 21.3. The summed E-state index contributed by atoms with van der Waals surface area (Å²) < 4.78 is 10.8. The summed E-state index contributed by atoms with van der Waals surface area (Å²) in [7, 11) is 0. The van der Waals surface area contributed by atoms with Gasteiger partial charge >= 0.3 is 0 Å². The zero-order valence-corrected chi connectivity index (χ0v) is 17.1. The maximum atomic E-state index is 12.7. The number of carbonyl (C=O) groups excluding carboxylic acids is 2. The van der Waals surface area contributed by atoms with Crippen molar-refractivity contribution in [2.24, 2.45) is 0 Å². The molecule has 0 fully saturated rings. The second-order valence-corrected chi connectivity index (χ2v) is 6.78. The van der Waals surface area contributed by atoms with E-state index in [0.29, 0.717) is 22.1 Å². The molecule has 0 aliphatic heterocycles. The lowest BCUT2D eigenvalue weighted by Crippen LogP contribution is -2.36. The maximum Gasteiger partial charge on any atom is 0.268 e. The number of ether oxygens (including phenoxy) is 1. The molecule has 6 nitrogen and oxygen atoms in total. The maximum absolute atomic E-state index is 12.7. The van der Waals surface area contributed by atoms with E-state index in [1.54, 1.807) is 42.5 Å². The Balaban J connectivity index is 1.65. The highest BCUT2D eigenvalue weighted by atomic mass is 35.5. The second kappa shape index (κ2) is 10.3. The summed E-state index contributed by atoms with van der Waals surface area (Å²) in [4.78, 5) is 25.3. The molecule has 3 rings (SSSR count). The average Bonchev–Trinajstić information content (AvgIpc) is 3.25. The number of rotatable bonds is 8. The predicted octanol–water partition coefficient (Wildman–Crippen LogP) is 4.21. The SMILES string of the molecule is Cc1ccccc1C(=O)N/C(=C\c1ccco1)C(=O)NCCOc1ccccc1Cl. The fourth-order valence-corrected chi connectivity index (χ4v) is 2.86. The van der Waals surface area contributed by atoms with Gasteiger partial charge < -0.3 is 19.8 Å². The smallest absolute Gasteiger partial charge is 0.268 e.